The molecule has 2 N–H and O–H groups in total. The van der Waals surface area contributed by atoms with Gasteiger partial charge in [0, 0.05) is 23.5 Å². The summed E-state index contributed by atoms with van der Waals surface area (Å²) in [6, 6.07) is 14.6. The normalized spacial score (nSPS) is 15.9. The Morgan fingerprint density at radius 2 is 1.84 bits per heavy atom. The average molecular weight is 338 g/mol. The molecule has 1 aliphatic rings. The van der Waals surface area contributed by atoms with Gasteiger partial charge in [-0.25, -0.2) is 0 Å². The van der Waals surface area contributed by atoms with Gasteiger partial charge in [-0.1, -0.05) is 18.2 Å². The molecule has 3 rings (SSSR count). The van der Waals surface area contributed by atoms with Crippen LogP contribution in [-0.4, -0.2) is 24.0 Å². The van der Waals surface area contributed by atoms with Gasteiger partial charge >= 0.3 is 5.97 Å². The number of rotatable bonds is 3. The van der Waals surface area contributed by atoms with Crippen LogP contribution in [0.1, 0.15) is 42.6 Å². The topological polar surface area (TPSA) is 67.4 Å². The maximum absolute atomic E-state index is 12.4. The van der Waals surface area contributed by atoms with Crippen LogP contribution >= 0.6 is 0 Å². The molecule has 5 heteroatoms. The molecule has 0 aliphatic carbocycles. The summed E-state index contributed by atoms with van der Waals surface area (Å²) in [6.45, 7) is 6.06. The van der Waals surface area contributed by atoms with Crippen LogP contribution in [0, 0.1) is 0 Å². The second kappa shape index (κ2) is 6.59. The highest BCUT2D eigenvalue weighted by Crippen LogP contribution is 2.35. The van der Waals surface area contributed by atoms with Crippen molar-refractivity contribution in [1.82, 2.24) is 0 Å². The Labute approximate surface area is 147 Å². The first-order valence-electron chi connectivity index (χ1n) is 8.30. The Morgan fingerprint density at radius 3 is 2.52 bits per heavy atom. The van der Waals surface area contributed by atoms with Crippen LogP contribution in [0.15, 0.2) is 48.5 Å². The maximum atomic E-state index is 12.4. The van der Waals surface area contributed by atoms with Crippen LogP contribution < -0.4 is 10.6 Å². The van der Waals surface area contributed by atoms with E-state index in [4.69, 9.17) is 4.74 Å². The van der Waals surface area contributed by atoms with E-state index in [2.05, 4.69) is 10.6 Å². The first kappa shape index (κ1) is 17.0. The lowest BCUT2D eigenvalue weighted by molar-refractivity contribution is -0.156. The SMILES string of the molecule is CC(C)(C)OC(=O)C1CNc2ccc(NC(=O)c3ccccc3)cc21. The van der Waals surface area contributed by atoms with Crippen LogP contribution in [0.5, 0.6) is 0 Å². The Morgan fingerprint density at radius 1 is 1.12 bits per heavy atom. The molecule has 0 saturated heterocycles. The quantitative estimate of drug-likeness (QED) is 0.836. The highest BCUT2D eigenvalue weighted by molar-refractivity contribution is 6.04. The minimum Gasteiger partial charge on any atom is -0.459 e. The molecule has 1 aliphatic heterocycles. The average Bonchev–Trinajstić information content (AvgIpc) is 2.97. The molecule has 0 radical (unpaired) electrons. The summed E-state index contributed by atoms with van der Waals surface area (Å²) in [5, 5.41) is 6.09. The summed E-state index contributed by atoms with van der Waals surface area (Å²) in [4.78, 5) is 24.7. The van der Waals surface area contributed by atoms with E-state index in [1.807, 2.05) is 57.2 Å². The number of ether oxygens (including phenoxy) is 1. The molecule has 1 heterocycles. The molecular formula is C20H22N2O3. The molecule has 0 saturated carbocycles. The van der Waals surface area contributed by atoms with E-state index >= 15 is 0 Å². The Hall–Kier alpha value is -2.82. The lowest BCUT2D eigenvalue weighted by atomic mass is 10.0. The van der Waals surface area contributed by atoms with Crippen LogP contribution in [0.2, 0.25) is 0 Å². The van der Waals surface area contributed by atoms with E-state index in [9.17, 15) is 9.59 Å². The van der Waals surface area contributed by atoms with Gasteiger partial charge in [-0.2, -0.15) is 0 Å². The first-order valence-corrected chi connectivity index (χ1v) is 8.30. The Balaban J connectivity index is 1.78. The molecule has 1 unspecified atom stereocenters. The third kappa shape index (κ3) is 3.99. The number of anilines is 2. The number of hydrogen-bond donors (Lipinski definition) is 2. The Bertz CT molecular complexity index is 794. The van der Waals surface area contributed by atoms with Gasteiger partial charge in [0.1, 0.15) is 11.5 Å². The van der Waals surface area contributed by atoms with Crippen molar-refractivity contribution in [2.45, 2.75) is 32.3 Å². The molecule has 1 amide bonds. The van der Waals surface area contributed by atoms with Gasteiger partial charge in [-0.3, -0.25) is 9.59 Å². The van der Waals surface area contributed by atoms with Crippen molar-refractivity contribution < 1.29 is 14.3 Å². The summed E-state index contributed by atoms with van der Waals surface area (Å²) in [5.41, 5.74) is 2.46. The van der Waals surface area contributed by atoms with E-state index in [0.29, 0.717) is 17.8 Å². The highest BCUT2D eigenvalue weighted by atomic mass is 16.6. The van der Waals surface area contributed by atoms with E-state index in [-0.39, 0.29) is 17.8 Å². The molecule has 25 heavy (non-hydrogen) atoms. The van der Waals surface area contributed by atoms with Gasteiger partial charge < -0.3 is 15.4 Å². The highest BCUT2D eigenvalue weighted by Gasteiger charge is 2.32. The van der Waals surface area contributed by atoms with Crippen molar-refractivity contribution in [3.63, 3.8) is 0 Å². The van der Waals surface area contributed by atoms with Crippen molar-refractivity contribution in [3.05, 3.63) is 59.7 Å². The monoisotopic (exact) mass is 338 g/mol. The molecule has 2 aromatic carbocycles. The number of nitrogens with one attached hydrogen (secondary N) is 2. The largest absolute Gasteiger partial charge is 0.459 e. The summed E-state index contributed by atoms with van der Waals surface area (Å²) in [5.74, 6) is -0.812. The molecule has 2 aromatic rings. The first-order chi connectivity index (χ1) is 11.8. The predicted molar refractivity (Wildman–Crippen MR) is 97.9 cm³/mol. The third-order valence-corrected chi connectivity index (χ3v) is 3.91. The van der Waals surface area contributed by atoms with Crippen molar-refractivity contribution in [2.24, 2.45) is 0 Å². The predicted octanol–water partition coefficient (Wildman–Crippen LogP) is 3.79. The fourth-order valence-corrected chi connectivity index (χ4v) is 2.79. The van der Waals surface area contributed by atoms with Gasteiger partial charge in [-0.15, -0.1) is 0 Å². The molecular weight excluding hydrogens is 316 g/mol. The fourth-order valence-electron chi connectivity index (χ4n) is 2.79. The van der Waals surface area contributed by atoms with Gasteiger partial charge in [0.2, 0.25) is 0 Å². The summed E-state index contributed by atoms with van der Waals surface area (Å²) in [7, 11) is 0. The molecule has 0 aromatic heterocycles. The number of carbonyl (C=O) groups excluding carboxylic acids is 2. The lowest BCUT2D eigenvalue weighted by Gasteiger charge is -2.22. The lowest BCUT2D eigenvalue weighted by Crippen LogP contribution is -2.28. The molecule has 0 fully saturated rings. The van der Waals surface area contributed by atoms with Crippen molar-refractivity contribution in [1.29, 1.82) is 0 Å². The van der Waals surface area contributed by atoms with Crippen LogP contribution in [0.25, 0.3) is 0 Å². The van der Waals surface area contributed by atoms with Crippen molar-refractivity contribution >= 4 is 23.3 Å². The summed E-state index contributed by atoms with van der Waals surface area (Å²) < 4.78 is 5.50. The van der Waals surface area contributed by atoms with E-state index in [0.717, 1.165) is 11.3 Å². The standard InChI is InChI=1S/C20H22N2O3/c1-20(2,3)25-19(24)16-12-21-17-10-9-14(11-15(16)17)22-18(23)13-7-5-4-6-8-13/h4-11,16,21H,12H2,1-3H3,(H,22,23). The molecule has 1 atom stereocenters. The second-order valence-corrected chi connectivity index (χ2v) is 7.09. The molecule has 130 valence electrons. The molecule has 5 nitrogen and oxygen atoms in total. The third-order valence-electron chi connectivity index (χ3n) is 3.91. The molecule has 0 bridgehead atoms. The summed E-state index contributed by atoms with van der Waals surface area (Å²) in [6.07, 6.45) is 0. The maximum Gasteiger partial charge on any atom is 0.315 e. The van der Waals surface area contributed by atoms with Gasteiger partial charge in [0.25, 0.3) is 5.91 Å². The van der Waals surface area contributed by atoms with Crippen molar-refractivity contribution in [2.75, 3.05) is 17.2 Å². The minimum atomic E-state index is -0.529. The van der Waals surface area contributed by atoms with Crippen LogP contribution in [0.3, 0.4) is 0 Å². The number of hydrogen-bond acceptors (Lipinski definition) is 4. The number of amides is 1. The van der Waals surface area contributed by atoms with E-state index in [1.165, 1.54) is 0 Å². The molecule has 0 spiro atoms. The zero-order valence-corrected chi connectivity index (χ0v) is 14.6. The van der Waals surface area contributed by atoms with Crippen LogP contribution in [-0.2, 0) is 9.53 Å². The van der Waals surface area contributed by atoms with Crippen molar-refractivity contribution in [3.8, 4) is 0 Å². The van der Waals surface area contributed by atoms with E-state index in [1.54, 1.807) is 12.1 Å². The number of esters is 1. The zero-order chi connectivity index (χ0) is 18.0. The second-order valence-electron chi connectivity index (χ2n) is 7.09. The summed E-state index contributed by atoms with van der Waals surface area (Å²) >= 11 is 0. The zero-order valence-electron chi connectivity index (χ0n) is 14.6. The van der Waals surface area contributed by atoms with Crippen LogP contribution in [0.4, 0.5) is 11.4 Å². The number of benzene rings is 2. The van der Waals surface area contributed by atoms with Gasteiger partial charge in [-0.05, 0) is 56.7 Å². The number of carbonyl (C=O) groups is 2. The number of fused-ring (bicyclic) bond motifs is 1. The smallest absolute Gasteiger partial charge is 0.315 e. The van der Waals surface area contributed by atoms with E-state index < -0.39 is 5.60 Å². The van der Waals surface area contributed by atoms with Gasteiger partial charge in [0.15, 0.2) is 0 Å². The fraction of sp³-hybridized carbons (Fsp3) is 0.300. The Kier molecular flexibility index (Phi) is 4.49. The van der Waals surface area contributed by atoms with Gasteiger partial charge in [0.05, 0.1) is 0 Å². The minimum absolute atomic E-state index is 0.180.